The van der Waals surface area contributed by atoms with Gasteiger partial charge in [-0.25, -0.2) is 0 Å². The molecule has 0 N–H and O–H groups in total. The molecule has 0 amide bonds. The predicted molar refractivity (Wildman–Crippen MR) is 99.5 cm³/mol. The third-order valence-electron chi connectivity index (χ3n) is 4.72. The van der Waals surface area contributed by atoms with Gasteiger partial charge in [0.1, 0.15) is 0 Å². The molecule has 4 rings (SSSR count). The summed E-state index contributed by atoms with van der Waals surface area (Å²) in [6, 6.07) is 24.4. The van der Waals surface area contributed by atoms with Gasteiger partial charge in [0.2, 0.25) is 0 Å². The van der Waals surface area contributed by atoms with E-state index in [2.05, 4.69) is 85.1 Å². The maximum Gasteiger partial charge on any atom is 0.0541 e. The lowest BCUT2D eigenvalue weighted by molar-refractivity contribution is 1.13. The zero-order valence-corrected chi connectivity index (χ0v) is 13.7. The van der Waals surface area contributed by atoms with E-state index in [1.807, 2.05) is 0 Å². The molecule has 1 heteroatoms. The van der Waals surface area contributed by atoms with Gasteiger partial charge in [-0.05, 0) is 60.4 Å². The van der Waals surface area contributed by atoms with Crippen LogP contribution in [0, 0.1) is 0 Å². The number of aryl methyl sites for hydroxylation is 2. The fourth-order valence-corrected chi connectivity index (χ4v) is 3.41. The number of nitrogens with zero attached hydrogens (tertiary/aromatic N) is 1. The molecule has 0 saturated heterocycles. The topological polar surface area (TPSA) is 4.93 Å². The quantitative estimate of drug-likeness (QED) is 0.443. The number of hydrogen-bond acceptors (Lipinski definition) is 0. The maximum atomic E-state index is 2.38. The molecule has 3 aromatic carbocycles. The first-order valence-corrected chi connectivity index (χ1v) is 8.43. The highest BCUT2D eigenvalue weighted by atomic mass is 15.0. The molecule has 0 aliphatic heterocycles. The molecule has 4 aromatic rings. The van der Waals surface area contributed by atoms with Crippen molar-refractivity contribution in [1.29, 1.82) is 0 Å². The first kappa shape index (κ1) is 14.1. The van der Waals surface area contributed by atoms with Gasteiger partial charge < -0.3 is 4.57 Å². The van der Waals surface area contributed by atoms with Gasteiger partial charge in [0.05, 0.1) is 11.0 Å². The summed E-state index contributed by atoms with van der Waals surface area (Å²) in [5.41, 5.74) is 6.59. The Balaban J connectivity index is 2.15. The number of rotatable bonds is 3. The minimum absolute atomic E-state index is 1.07. The van der Waals surface area contributed by atoms with Gasteiger partial charge in [0.25, 0.3) is 0 Å². The van der Waals surface area contributed by atoms with Crippen molar-refractivity contribution in [2.45, 2.75) is 26.7 Å². The molecule has 0 fully saturated rings. The molecule has 0 atom stereocenters. The molecule has 1 heterocycles. The summed E-state index contributed by atoms with van der Waals surface area (Å²) in [6.07, 6.45) is 2.14. The predicted octanol–water partition coefficient (Wildman–Crippen LogP) is 5.91. The first-order valence-electron chi connectivity index (χ1n) is 8.43. The first-order chi connectivity index (χ1) is 11.3. The van der Waals surface area contributed by atoms with E-state index in [0.717, 1.165) is 12.8 Å². The molecule has 114 valence electrons. The Kier molecular flexibility index (Phi) is 3.42. The number of para-hydroxylation sites is 1. The van der Waals surface area contributed by atoms with Gasteiger partial charge in [-0.2, -0.15) is 0 Å². The Morgan fingerprint density at radius 1 is 0.652 bits per heavy atom. The minimum Gasteiger partial charge on any atom is -0.309 e. The highest BCUT2D eigenvalue weighted by Crippen LogP contribution is 2.33. The Morgan fingerprint density at radius 2 is 1.17 bits per heavy atom. The van der Waals surface area contributed by atoms with E-state index < -0.39 is 0 Å². The summed E-state index contributed by atoms with van der Waals surface area (Å²) >= 11 is 0. The summed E-state index contributed by atoms with van der Waals surface area (Å²) in [5, 5.41) is 2.72. The van der Waals surface area contributed by atoms with Crippen molar-refractivity contribution in [1.82, 2.24) is 4.57 Å². The summed E-state index contributed by atoms with van der Waals surface area (Å²) in [6.45, 7) is 4.43. The van der Waals surface area contributed by atoms with Gasteiger partial charge in [-0.15, -0.1) is 0 Å². The lowest BCUT2D eigenvalue weighted by Gasteiger charge is -2.07. The van der Waals surface area contributed by atoms with E-state index in [4.69, 9.17) is 0 Å². The van der Waals surface area contributed by atoms with Crippen LogP contribution in [0.4, 0.5) is 0 Å². The van der Waals surface area contributed by atoms with Crippen molar-refractivity contribution in [2.24, 2.45) is 0 Å². The van der Waals surface area contributed by atoms with Crippen LogP contribution in [0.25, 0.3) is 27.5 Å². The summed E-state index contributed by atoms with van der Waals surface area (Å²) in [5.74, 6) is 0. The largest absolute Gasteiger partial charge is 0.309 e. The van der Waals surface area contributed by atoms with Crippen molar-refractivity contribution in [3.8, 4) is 5.69 Å². The van der Waals surface area contributed by atoms with E-state index in [9.17, 15) is 0 Å². The van der Waals surface area contributed by atoms with E-state index in [-0.39, 0.29) is 0 Å². The van der Waals surface area contributed by atoms with Crippen molar-refractivity contribution in [2.75, 3.05) is 0 Å². The van der Waals surface area contributed by atoms with E-state index in [1.165, 1.54) is 38.6 Å². The number of hydrogen-bond donors (Lipinski definition) is 0. The summed E-state index contributed by atoms with van der Waals surface area (Å²) in [7, 11) is 0. The van der Waals surface area contributed by atoms with Crippen molar-refractivity contribution < 1.29 is 0 Å². The monoisotopic (exact) mass is 299 g/mol. The van der Waals surface area contributed by atoms with Crippen LogP contribution >= 0.6 is 0 Å². The Bertz CT molecular complexity index is 916. The second-order valence-corrected chi connectivity index (χ2v) is 6.08. The zero-order valence-electron chi connectivity index (χ0n) is 13.7. The standard InChI is InChI=1S/C22H21N/c1-3-16-10-12-21-19(14-16)20-15-17(4-2)11-13-22(20)23(21)18-8-6-5-7-9-18/h5-15H,3-4H2,1-2H3. The number of aromatic nitrogens is 1. The van der Waals surface area contributed by atoms with Crippen LogP contribution in [0.3, 0.4) is 0 Å². The highest BCUT2D eigenvalue weighted by Gasteiger charge is 2.12. The molecule has 0 aliphatic rings. The molecular formula is C22H21N. The lowest BCUT2D eigenvalue weighted by atomic mass is 10.1. The van der Waals surface area contributed by atoms with Crippen LogP contribution in [0.15, 0.2) is 66.7 Å². The van der Waals surface area contributed by atoms with Gasteiger partial charge in [0.15, 0.2) is 0 Å². The Hall–Kier alpha value is -2.54. The third-order valence-corrected chi connectivity index (χ3v) is 4.72. The smallest absolute Gasteiger partial charge is 0.0541 e. The molecule has 0 spiro atoms. The highest BCUT2D eigenvalue weighted by molar-refractivity contribution is 6.09. The van der Waals surface area contributed by atoms with Crippen molar-refractivity contribution in [3.63, 3.8) is 0 Å². The SMILES string of the molecule is CCc1ccc2c(c1)c1cc(CC)ccc1n2-c1ccccc1. The summed E-state index contributed by atoms with van der Waals surface area (Å²) in [4.78, 5) is 0. The maximum absolute atomic E-state index is 2.38. The molecule has 0 unspecified atom stereocenters. The molecule has 1 nitrogen and oxygen atoms in total. The molecule has 23 heavy (non-hydrogen) atoms. The van der Waals surface area contributed by atoms with Gasteiger partial charge in [0, 0.05) is 16.5 Å². The Labute approximate surface area is 137 Å². The van der Waals surface area contributed by atoms with Crippen LogP contribution < -0.4 is 0 Å². The second kappa shape index (κ2) is 5.58. The van der Waals surface area contributed by atoms with E-state index in [0.29, 0.717) is 0 Å². The summed E-state index contributed by atoms with van der Waals surface area (Å²) < 4.78 is 2.38. The fraction of sp³-hybridized carbons (Fsp3) is 0.182. The van der Waals surface area contributed by atoms with Crippen LogP contribution in [-0.4, -0.2) is 4.57 Å². The van der Waals surface area contributed by atoms with Gasteiger partial charge >= 0.3 is 0 Å². The molecule has 1 aromatic heterocycles. The number of fused-ring (bicyclic) bond motifs is 3. The normalized spacial score (nSPS) is 11.4. The molecule has 0 bridgehead atoms. The molecule has 0 saturated carbocycles. The number of benzene rings is 3. The van der Waals surface area contributed by atoms with Crippen LogP contribution in [0.2, 0.25) is 0 Å². The fourth-order valence-electron chi connectivity index (χ4n) is 3.41. The average molecular weight is 299 g/mol. The minimum atomic E-state index is 1.07. The van der Waals surface area contributed by atoms with Crippen LogP contribution in [0.5, 0.6) is 0 Å². The van der Waals surface area contributed by atoms with Crippen molar-refractivity contribution in [3.05, 3.63) is 77.9 Å². The zero-order chi connectivity index (χ0) is 15.8. The molecule has 0 radical (unpaired) electrons. The van der Waals surface area contributed by atoms with Crippen LogP contribution in [-0.2, 0) is 12.8 Å². The average Bonchev–Trinajstić information content (AvgIpc) is 2.95. The Morgan fingerprint density at radius 3 is 1.65 bits per heavy atom. The van der Waals surface area contributed by atoms with Crippen LogP contribution in [0.1, 0.15) is 25.0 Å². The van der Waals surface area contributed by atoms with E-state index >= 15 is 0 Å². The molecular weight excluding hydrogens is 278 g/mol. The van der Waals surface area contributed by atoms with E-state index in [1.54, 1.807) is 0 Å². The lowest BCUT2D eigenvalue weighted by Crippen LogP contribution is -1.93. The van der Waals surface area contributed by atoms with Gasteiger partial charge in [-0.1, -0.05) is 44.2 Å². The van der Waals surface area contributed by atoms with Crippen molar-refractivity contribution >= 4 is 21.8 Å². The van der Waals surface area contributed by atoms with Gasteiger partial charge in [-0.3, -0.25) is 0 Å². The third kappa shape index (κ3) is 2.24. The molecule has 0 aliphatic carbocycles. The second-order valence-electron chi connectivity index (χ2n) is 6.08.